The zero-order chi connectivity index (χ0) is 13.0. The first-order valence-corrected chi connectivity index (χ1v) is 6.27. The Hall–Kier alpha value is -2.19. The molecule has 0 aliphatic heterocycles. The van der Waals surface area contributed by atoms with Crippen LogP contribution in [0, 0.1) is 11.3 Å². The van der Waals surface area contributed by atoms with Gasteiger partial charge in [0, 0.05) is 19.8 Å². The minimum atomic E-state index is -0.148. The van der Waals surface area contributed by atoms with Crippen LogP contribution in [0.25, 0.3) is 0 Å². The summed E-state index contributed by atoms with van der Waals surface area (Å²) in [5.41, 5.74) is 1.91. The molecule has 0 aliphatic carbocycles. The Labute approximate surface area is 109 Å². The second-order valence-electron chi connectivity index (χ2n) is 3.84. The van der Waals surface area contributed by atoms with Crippen LogP contribution in [0.3, 0.4) is 0 Å². The van der Waals surface area contributed by atoms with Gasteiger partial charge in [-0.05, 0) is 34.5 Å². The molecule has 2 rings (SSSR count). The Balaban J connectivity index is 2.08. The lowest BCUT2D eigenvalue weighted by Crippen LogP contribution is -2.26. The number of rotatable bonds is 3. The second-order valence-corrected chi connectivity index (χ2v) is 4.62. The molecular weight excluding hydrogens is 246 g/mol. The van der Waals surface area contributed by atoms with Gasteiger partial charge in [0.15, 0.2) is 0 Å². The van der Waals surface area contributed by atoms with Gasteiger partial charge in [-0.25, -0.2) is 4.98 Å². The monoisotopic (exact) mass is 257 g/mol. The van der Waals surface area contributed by atoms with Crippen molar-refractivity contribution in [2.45, 2.75) is 6.54 Å². The van der Waals surface area contributed by atoms with E-state index < -0.39 is 0 Å². The molecule has 0 aliphatic rings. The molecule has 2 aromatic rings. The normalized spacial score (nSPS) is 9.78. The molecule has 90 valence electrons. The topological polar surface area (TPSA) is 57.0 Å². The average molecular weight is 257 g/mol. The summed E-state index contributed by atoms with van der Waals surface area (Å²) in [4.78, 5) is 17.7. The van der Waals surface area contributed by atoms with Gasteiger partial charge >= 0.3 is 0 Å². The number of pyridine rings is 1. The zero-order valence-electron chi connectivity index (χ0n) is 9.83. The number of carbonyl (C=O) groups is 1. The van der Waals surface area contributed by atoms with Crippen molar-refractivity contribution in [2.24, 2.45) is 0 Å². The van der Waals surface area contributed by atoms with E-state index in [0.717, 1.165) is 5.56 Å². The number of nitrogens with zero attached hydrogens (tertiary/aromatic N) is 3. The fourth-order valence-corrected chi connectivity index (χ4v) is 2.17. The van der Waals surface area contributed by atoms with Crippen molar-refractivity contribution < 1.29 is 4.79 Å². The van der Waals surface area contributed by atoms with Crippen LogP contribution in [-0.4, -0.2) is 22.8 Å². The van der Waals surface area contributed by atoms with E-state index in [1.807, 2.05) is 22.9 Å². The van der Waals surface area contributed by atoms with E-state index in [9.17, 15) is 4.79 Å². The third-order valence-corrected chi connectivity index (χ3v) is 3.19. The van der Waals surface area contributed by atoms with Crippen LogP contribution in [0.1, 0.15) is 21.6 Å². The summed E-state index contributed by atoms with van der Waals surface area (Å²) in [7, 11) is 1.74. The fourth-order valence-electron chi connectivity index (χ4n) is 1.51. The molecule has 0 N–H and O–H groups in total. The fraction of sp³-hybridized carbons (Fsp3) is 0.154. The van der Waals surface area contributed by atoms with Crippen LogP contribution in [0.5, 0.6) is 0 Å². The lowest BCUT2D eigenvalue weighted by molar-refractivity contribution is 0.0779. The first kappa shape index (κ1) is 12.3. The Bertz CT molecular complexity index is 569. The molecule has 2 heterocycles. The van der Waals surface area contributed by atoms with E-state index in [4.69, 9.17) is 5.26 Å². The smallest absolute Gasteiger partial charge is 0.272 e. The predicted molar refractivity (Wildman–Crippen MR) is 69.1 cm³/mol. The summed E-state index contributed by atoms with van der Waals surface area (Å²) in [5.74, 6) is -0.148. The van der Waals surface area contributed by atoms with Crippen molar-refractivity contribution in [1.82, 2.24) is 9.88 Å². The molecule has 0 bridgehead atoms. The van der Waals surface area contributed by atoms with E-state index >= 15 is 0 Å². The number of aromatic nitrogens is 1. The number of thiophene rings is 1. The Morgan fingerprint density at radius 2 is 2.33 bits per heavy atom. The standard InChI is InChI=1S/C13H11N3OS/c1-16(8-11-4-5-18-9-11)13(17)12-3-2-10(6-14)7-15-12/h2-5,7,9H,8H2,1H3. The third kappa shape index (κ3) is 2.73. The van der Waals surface area contributed by atoms with E-state index in [-0.39, 0.29) is 5.91 Å². The molecule has 0 fully saturated rings. The first-order chi connectivity index (χ1) is 8.70. The molecule has 18 heavy (non-hydrogen) atoms. The number of carbonyl (C=O) groups excluding carboxylic acids is 1. The number of hydrogen-bond donors (Lipinski definition) is 0. The molecule has 0 radical (unpaired) electrons. The predicted octanol–water partition coefficient (Wildman–Crippen LogP) is 2.29. The van der Waals surface area contributed by atoms with Crippen molar-refractivity contribution in [1.29, 1.82) is 5.26 Å². The molecule has 0 unspecified atom stereocenters. The van der Waals surface area contributed by atoms with E-state index in [0.29, 0.717) is 17.8 Å². The molecule has 1 amide bonds. The van der Waals surface area contributed by atoms with Crippen LogP contribution < -0.4 is 0 Å². The molecule has 0 saturated heterocycles. The summed E-state index contributed by atoms with van der Waals surface area (Å²) in [5, 5.41) is 12.7. The van der Waals surface area contributed by atoms with Crippen LogP contribution in [0.4, 0.5) is 0 Å². The quantitative estimate of drug-likeness (QED) is 0.847. The third-order valence-electron chi connectivity index (χ3n) is 2.46. The molecule has 0 aromatic carbocycles. The van der Waals surface area contributed by atoms with Gasteiger partial charge < -0.3 is 4.90 Å². The summed E-state index contributed by atoms with van der Waals surface area (Å²) >= 11 is 1.60. The van der Waals surface area contributed by atoms with Crippen LogP contribution >= 0.6 is 11.3 Å². The van der Waals surface area contributed by atoms with Gasteiger partial charge in [0.25, 0.3) is 5.91 Å². The van der Waals surface area contributed by atoms with Crippen molar-refractivity contribution in [2.75, 3.05) is 7.05 Å². The first-order valence-electron chi connectivity index (χ1n) is 5.33. The van der Waals surface area contributed by atoms with E-state index in [2.05, 4.69) is 4.98 Å². The number of amides is 1. The zero-order valence-corrected chi connectivity index (χ0v) is 10.6. The lowest BCUT2D eigenvalue weighted by atomic mass is 10.2. The minimum Gasteiger partial charge on any atom is -0.336 e. The lowest BCUT2D eigenvalue weighted by Gasteiger charge is -2.15. The number of nitriles is 1. The van der Waals surface area contributed by atoms with Crippen molar-refractivity contribution in [3.63, 3.8) is 0 Å². The maximum Gasteiger partial charge on any atom is 0.272 e. The second kappa shape index (κ2) is 5.43. The van der Waals surface area contributed by atoms with Crippen LogP contribution in [-0.2, 0) is 6.54 Å². The largest absolute Gasteiger partial charge is 0.336 e. The highest BCUT2D eigenvalue weighted by Crippen LogP contribution is 2.10. The van der Waals surface area contributed by atoms with Gasteiger partial charge in [0.1, 0.15) is 11.8 Å². The molecule has 5 heteroatoms. The summed E-state index contributed by atoms with van der Waals surface area (Å²) < 4.78 is 0. The van der Waals surface area contributed by atoms with Gasteiger partial charge in [-0.3, -0.25) is 4.79 Å². The van der Waals surface area contributed by atoms with Crippen LogP contribution in [0.2, 0.25) is 0 Å². The Kier molecular flexibility index (Phi) is 3.70. The van der Waals surface area contributed by atoms with Crippen molar-refractivity contribution >= 4 is 17.2 Å². The SMILES string of the molecule is CN(Cc1ccsc1)C(=O)c1ccc(C#N)cn1. The summed E-state index contributed by atoms with van der Waals surface area (Å²) in [6.07, 6.45) is 1.41. The highest BCUT2D eigenvalue weighted by atomic mass is 32.1. The maximum atomic E-state index is 12.1. The van der Waals surface area contributed by atoms with Gasteiger partial charge in [-0.1, -0.05) is 0 Å². The van der Waals surface area contributed by atoms with Gasteiger partial charge in [0.2, 0.25) is 0 Å². The van der Waals surface area contributed by atoms with Gasteiger partial charge in [-0.2, -0.15) is 16.6 Å². The molecule has 2 aromatic heterocycles. The average Bonchev–Trinajstić information content (AvgIpc) is 2.91. The molecule has 4 nitrogen and oxygen atoms in total. The Morgan fingerprint density at radius 3 is 2.89 bits per heavy atom. The molecule has 0 spiro atoms. The number of hydrogen-bond acceptors (Lipinski definition) is 4. The summed E-state index contributed by atoms with van der Waals surface area (Å²) in [6.45, 7) is 0.560. The van der Waals surface area contributed by atoms with Crippen LogP contribution in [0.15, 0.2) is 35.2 Å². The Morgan fingerprint density at radius 1 is 1.50 bits per heavy atom. The summed E-state index contributed by atoms with van der Waals surface area (Å²) in [6, 6.07) is 7.13. The van der Waals surface area contributed by atoms with Crippen molar-refractivity contribution in [3.8, 4) is 6.07 Å². The highest BCUT2D eigenvalue weighted by molar-refractivity contribution is 7.07. The van der Waals surface area contributed by atoms with E-state index in [1.54, 1.807) is 35.4 Å². The van der Waals surface area contributed by atoms with Gasteiger partial charge in [0.05, 0.1) is 5.56 Å². The molecule has 0 saturated carbocycles. The van der Waals surface area contributed by atoms with Crippen molar-refractivity contribution in [3.05, 3.63) is 52.0 Å². The minimum absolute atomic E-state index is 0.148. The molecular formula is C13H11N3OS. The maximum absolute atomic E-state index is 12.1. The van der Waals surface area contributed by atoms with E-state index in [1.165, 1.54) is 6.20 Å². The highest BCUT2D eigenvalue weighted by Gasteiger charge is 2.13. The van der Waals surface area contributed by atoms with Gasteiger partial charge in [-0.15, -0.1) is 0 Å². The molecule has 0 atom stereocenters.